The number of carboxylic acid groups (broad SMARTS) is 1. The molecule has 4 nitrogen and oxygen atoms in total. The summed E-state index contributed by atoms with van der Waals surface area (Å²) < 4.78 is 5.21. The summed E-state index contributed by atoms with van der Waals surface area (Å²) in [6.07, 6.45) is 17.4. The zero-order chi connectivity index (χ0) is 21.3. The van der Waals surface area contributed by atoms with Crippen LogP contribution in [0.25, 0.3) is 0 Å². The lowest BCUT2D eigenvalue weighted by Crippen LogP contribution is -2.14. The van der Waals surface area contributed by atoms with Crippen molar-refractivity contribution in [1.29, 1.82) is 0 Å². The number of carbonyl (C=O) groups excluding carboxylic acids is 1. The molecule has 0 aromatic heterocycles. The van der Waals surface area contributed by atoms with E-state index in [-0.39, 0.29) is 11.0 Å². The second kappa shape index (κ2) is 11.0. The highest BCUT2D eigenvalue weighted by Crippen LogP contribution is 2.50. The Morgan fingerprint density at radius 1 is 0.867 bits per heavy atom. The number of hydrogen-bond donors (Lipinski definition) is 1. The van der Waals surface area contributed by atoms with Crippen molar-refractivity contribution in [3.63, 3.8) is 0 Å². The van der Waals surface area contributed by atoms with Crippen LogP contribution < -0.4 is 0 Å². The molecule has 0 unspecified atom stereocenters. The molecular formula is C26H38O4. The van der Waals surface area contributed by atoms with E-state index in [0.29, 0.717) is 6.47 Å². The molecule has 2 aliphatic rings. The van der Waals surface area contributed by atoms with Gasteiger partial charge in [-0.2, -0.15) is 0 Å². The largest absolute Gasteiger partial charge is 0.481 e. The number of carbonyl (C=O) groups is 2. The van der Waals surface area contributed by atoms with Gasteiger partial charge in [0.05, 0.1) is 5.41 Å². The summed E-state index contributed by atoms with van der Waals surface area (Å²) in [5, 5.41) is 9.22. The van der Waals surface area contributed by atoms with Crippen LogP contribution in [-0.2, 0) is 27.2 Å². The van der Waals surface area contributed by atoms with E-state index in [1.165, 1.54) is 43.2 Å². The molecule has 4 heteroatoms. The van der Waals surface area contributed by atoms with Crippen molar-refractivity contribution in [1.82, 2.24) is 0 Å². The molecule has 0 aliphatic heterocycles. The zero-order valence-corrected chi connectivity index (χ0v) is 18.4. The molecule has 0 amide bonds. The topological polar surface area (TPSA) is 63.6 Å². The lowest BCUT2D eigenvalue weighted by molar-refractivity contribution is -0.143. The van der Waals surface area contributed by atoms with Gasteiger partial charge >= 0.3 is 5.97 Å². The number of unbranched alkanes of at least 4 members (excludes halogenated alkanes) is 6. The van der Waals surface area contributed by atoms with E-state index in [9.17, 15) is 14.7 Å². The van der Waals surface area contributed by atoms with Gasteiger partial charge in [-0.25, -0.2) is 0 Å². The Morgan fingerprint density at radius 2 is 1.43 bits per heavy atom. The van der Waals surface area contributed by atoms with Crippen molar-refractivity contribution in [2.75, 3.05) is 0 Å². The summed E-state index contributed by atoms with van der Waals surface area (Å²) in [6, 6.07) is 9.01. The van der Waals surface area contributed by atoms with Gasteiger partial charge in [-0.3, -0.25) is 9.59 Å². The molecular weight excluding hydrogens is 376 g/mol. The molecule has 3 rings (SSSR count). The summed E-state index contributed by atoms with van der Waals surface area (Å²) in [5.74, 6) is -0.585. The van der Waals surface area contributed by atoms with Crippen LogP contribution in [0.5, 0.6) is 0 Å². The van der Waals surface area contributed by atoms with Crippen molar-refractivity contribution < 1.29 is 19.4 Å². The van der Waals surface area contributed by atoms with Crippen molar-refractivity contribution in [3.8, 4) is 0 Å². The van der Waals surface area contributed by atoms with Crippen LogP contribution in [0.2, 0.25) is 0 Å². The Hall–Kier alpha value is -1.84. The predicted molar refractivity (Wildman–Crippen MR) is 118 cm³/mol. The van der Waals surface area contributed by atoms with Crippen molar-refractivity contribution in [2.24, 2.45) is 5.41 Å². The monoisotopic (exact) mass is 414 g/mol. The Balaban J connectivity index is 1.22. The molecule has 0 radical (unpaired) electrons. The van der Waals surface area contributed by atoms with Crippen LogP contribution in [-0.4, -0.2) is 23.1 Å². The van der Waals surface area contributed by atoms with E-state index >= 15 is 0 Å². The Morgan fingerprint density at radius 3 is 1.93 bits per heavy atom. The molecule has 30 heavy (non-hydrogen) atoms. The third-order valence-corrected chi connectivity index (χ3v) is 7.12. The highest BCUT2D eigenvalue weighted by atomic mass is 16.5. The molecule has 2 aliphatic carbocycles. The second-order valence-electron chi connectivity index (χ2n) is 9.63. The quantitative estimate of drug-likeness (QED) is 0.242. The molecule has 0 saturated heterocycles. The van der Waals surface area contributed by atoms with E-state index in [2.05, 4.69) is 24.3 Å². The molecule has 2 saturated carbocycles. The summed E-state index contributed by atoms with van der Waals surface area (Å²) in [7, 11) is 0. The summed E-state index contributed by atoms with van der Waals surface area (Å²) >= 11 is 0. The van der Waals surface area contributed by atoms with E-state index in [1.807, 2.05) is 0 Å². The zero-order valence-electron chi connectivity index (χ0n) is 18.4. The van der Waals surface area contributed by atoms with E-state index < -0.39 is 5.97 Å². The fourth-order valence-electron chi connectivity index (χ4n) is 4.61. The lowest BCUT2D eigenvalue weighted by Gasteiger charge is -2.12. The normalized spacial score (nSPS) is 18.0. The highest BCUT2D eigenvalue weighted by molar-refractivity contribution is 5.77. The number of ether oxygens (including phenoxy) is 1. The first-order chi connectivity index (χ1) is 14.6. The van der Waals surface area contributed by atoms with Crippen molar-refractivity contribution in [2.45, 2.75) is 108 Å². The van der Waals surface area contributed by atoms with Gasteiger partial charge in [0.2, 0.25) is 0 Å². The Bertz CT molecular complexity index is 688. The third-order valence-electron chi connectivity index (χ3n) is 7.12. The number of rotatable bonds is 17. The summed E-state index contributed by atoms with van der Waals surface area (Å²) in [4.78, 5) is 21.7. The van der Waals surface area contributed by atoms with E-state index in [0.717, 1.165) is 70.6 Å². The van der Waals surface area contributed by atoms with E-state index in [4.69, 9.17) is 4.74 Å². The fraction of sp³-hybridized carbons (Fsp3) is 0.692. The van der Waals surface area contributed by atoms with Crippen LogP contribution in [0.1, 0.15) is 101 Å². The van der Waals surface area contributed by atoms with Crippen LogP contribution in [0.3, 0.4) is 0 Å². The van der Waals surface area contributed by atoms with Gasteiger partial charge in [-0.1, -0.05) is 56.4 Å². The number of hydrogen-bond acceptors (Lipinski definition) is 3. The van der Waals surface area contributed by atoms with Crippen LogP contribution in [0, 0.1) is 5.41 Å². The van der Waals surface area contributed by atoms with Gasteiger partial charge in [-0.05, 0) is 81.8 Å². The first-order valence-electron chi connectivity index (χ1n) is 12.0. The average Bonchev–Trinajstić information content (AvgIpc) is 3.65. The first-order valence-corrected chi connectivity index (χ1v) is 12.0. The highest BCUT2D eigenvalue weighted by Gasteiger charge is 2.49. The van der Waals surface area contributed by atoms with Crippen LogP contribution in [0.15, 0.2) is 24.3 Å². The van der Waals surface area contributed by atoms with Crippen LogP contribution >= 0.6 is 0 Å². The number of aliphatic carboxylic acids is 1. The van der Waals surface area contributed by atoms with Crippen molar-refractivity contribution in [3.05, 3.63) is 35.4 Å². The fourth-order valence-corrected chi connectivity index (χ4v) is 4.61. The molecule has 1 N–H and O–H groups in total. The molecule has 0 bridgehead atoms. The van der Waals surface area contributed by atoms with Gasteiger partial charge in [-0.15, -0.1) is 0 Å². The number of carboxylic acids is 1. The minimum Gasteiger partial charge on any atom is -0.481 e. The molecule has 1 aromatic carbocycles. The first kappa shape index (κ1) is 22.8. The molecule has 0 spiro atoms. The predicted octanol–water partition coefficient (Wildman–Crippen LogP) is 6.24. The third kappa shape index (κ3) is 7.14. The minimum absolute atomic E-state index is 0.0916. The van der Waals surface area contributed by atoms with Crippen molar-refractivity contribution >= 4 is 12.4 Å². The maximum Gasteiger partial charge on any atom is 0.309 e. The molecule has 1 aromatic rings. The molecule has 0 atom stereocenters. The van der Waals surface area contributed by atoms with Gasteiger partial charge in [0.25, 0.3) is 6.47 Å². The second-order valence-corrected chi connectivity index (χ2v) is 9.63. The molecule has 2 fully saturated rings. The molecule has 166 valence electrons. The van der Waals surface area contributed by atoms with Gasteiger partial charge < -0.3 is 9.84 Å². The molecule has 0 heterocycles. The van der Waals surface area contributed by atoms with Gasteiger partial charge in [0.15, 0.2) is 0 Å². The average molecular weight is 415 g/mol. The number of aryl methyl sites for hydroxylation is 2. The summed E-state index contributed by atoms with van der Waals surface area (Å²) in [6.45, 7) is 0.614. The van der Waals surface area contributed by atoms with Gasteiger partial charge in [0, 0.05) is 0 Å². The lowest BCUT2D eigenvalue weighted by atomic mass is 9.97. The Kier molecular flexibility index (Phi) is 8.35. The maximum atomic E-state index is 11.2. The maximum absolute atomic E-state index is 11.2. The summed E-state index contributed by atoms with van der Waals surface area (Å²) in [5.41, 5.74) is 2.42. The van der Waals surface area contributed by atoms with Gasteiger partial charge in [0.1, 0.15) is 5.60 Å². The minimum atomic E-state index is -0.585. The smallest absolute Gasteiger partial charge is 0.309 e. The SMILES string of the molecule is O=COC1(CCCCCCc2cccc(CCCCCCC3(C(=O)O)CC3)c2)CC1. The van der Waals surface area contributed by atoms with Crippen LogP contribution in [0.4, 0.5) is 0 Å². The number of benzene rings is 1. The standard InChI is InChI=1S/C26H38O4/c27-21-30-26(18-19-26)15-8-4-2-6-11-23-13-9-12-22(20-23)10-5-1-3-7-14-25(16-17-25)24(28)29/h9,12-13,20-21H,1-8,10-11,14-19H2,(H,28,29). The van der Waals surface area contributed by atoms with E-state index in [1.54, 1.807) is 0 Å². The Labute approximate surface area is 181 Å².